The van der Waals surface area contributed by atoms with Crippen molar-refractivity contribution in [3.8, 4) is 22.4 Å². The molecule has 4 aromatic rings. The summed E-state index contributed by atoms with van der Waals surface area (Å²) in [5.41, 5.74) is 5.11. The molecule has 7 heteroatoms. The van der Waals surface area contributed by atoms with Crippen molar-refractivity contribution in [3.05, 3.63) is 93.9 Å². The third-order valence-electron chi connectivity index (χ3n) is 7.77. The molecule has 1 aliphatic rings. The van der Waals surface area contributed by atoms with E-state index in [2.05, 4.69) is 21.9 Å². The molecule has 3 heterocycles. The van der Waals surface area contributed by atoms with E-state index in [0.717, 1.165) is 59.6 Å². The van der Waals surface area contributed by atoms with Crippen LogP contribution in [0.25, 0.3) is 33.3 Å². The normalized spacial score (nSPS) is 13.9. The van der Waals surface area contributed by atoms with Gasteiger partial charge in [-0.15, -0.1) is 6.58 Å². The maximum atomic E-state index is 13.1. The Morgan fingerprint density at radius 2 is 1.95 bits per heavy atom. The third-order valence-corrected chi connectivity index (χ3v) is 8.12. The number of halogens is 1. The molecule has 0 unspecified atom stereocenters. The van der Waals surface area contributed by atoms with Gasteiger partial charge in [-0.25, -0.2) is 0 Å². The van der Waals surface area contributed by atoms with E-state index in [1.807, 2.05) is 42.5 Å². The number of amides is 1. The molecule has 0 radical (unpaired) electrons. The zero-order chi connectivity index (χ0) is 27.9. The second-order valence-corrected chi connectivity index (χ2v) is 10.9. The lowest BCUT2D eigenvalue weighted by Gasteiger charge is -2.21. The number of allylic oxidation sites excluding steroid dienone is 1. The SMILES string of the molecule is C=CCc1ccc(-c2c(-c3ccc[nH]c3=O)[nH]c3ccc(C(=O)NCCCCCC4CCOCC4)cc23)cc1Cl. The molecule has 208 valence electrons. The van der Waals surface area contributed by atoms with Gasteiger partial charge >= 0.3 is 0 Å². The summed E-state index contributed by atoms with van der Waals surface area (Å²) in [5, 5.41) is 4.57. The summed E-state index contributed by atoms with van der Waals surface area (Å²) in [5.74, 6) is 0.687. The van der Waals surface area contributed by atoms with Crippen molar-refractivity contribution in [2.24, 2.45) is 5.92 Å². The lowest BCUT2D eigenvalue weighted by molar-refractivity contribution is 0.0631. The average Bonchev–Trinajstić information content (AvgIpc) is 3.35. The van der Waals surface area contributed by atoms with Crippen molar-refractivity contribution in [1.29, 1.82) is 0 Å². The Hall–Kier alpha value is -3.61. The summed E-state index contributed by atoms with van der Waals surface area (Å²) in [6, 6.07) is 15.1. The third kappa shape index (κ3) is 6.40. The highest BCUT2D eigenvalue weighted by molar-refractivity contribution is 6.31. The number of unbranched alkanes of at least 4 members (excludes halogenated alkanes) is 2. The van der Waals surface area contributed by atoms with E-state index in [-0.39, 0.29) is 11.5 Å². The summed E-state index contributed by atoms with van der Waals surface area (Å²) < 4.78 is 5.45. The number of nitrogens with one attached hydrogen (secondary N) is 3. The molecule has 0 spiro atoms. The van der Waals surface area contributed by atoms with E-state index in [1.165, 1.54) is 25.7 Å². The van der Waals surface area contributed by atoms with Gasteiger partial charge < -0.3 is 20.0 Å². The van der Waals surface area contributed by atoms with Crippen LogP contribution in [0.3, 0.4) is 0 Å². The summed E-state index contributed by atoms with van der Waals surface area (Å²) in [4.78, 5) is 32.0. The number of rotatable bonds is 11. The molecule has 1 aliphatic heterocycles. The van der Waals surface area contributed by atoms with E-state index in [0.29, 0.717) is 34.8 Å². The zero-order valence-corrected chi connectivity index (χ0v) is 23.5. The molecule has 5 rings (SSSR count). The Bertz CT molecular complexity index is 1550. The fourth-order valence-electron chi connectivity index (χ4n) is 5.55. The van der Waals surface area contributed by atoms with Crippen LogP contribution in [0.1, 0.15) is 54.4 Å². The Morgan fingerprint density at radius 1 is 1.10 bits per heavy atom. The number of ether oxygens (including phenoxy) is 1. The predicted octanol–water partition coefficient (Wildman–Crippen LogP) is 7.29. The van der Waals surface area contributed by atoms with Crippen LogP contribution in [0.4, 0.5) is 0 Å². The number of hydrogen-bond donors (Lipinski definition) is 3. The molecule has 1 amide bonds. The van der Waals surface area contributed by atoms with Gasteiger partial charge in [0.1, 0.15) is 0 Å². The van der Waals surface area contributed by atoms with Crippen LogP contribution in [0.2, 0.25) is 5.02 Å². The molecular weight excluding hydrogens is 522 g/mol. The molecule has 1 saturated heterocycles. The molecule has 0 atom stereocenters. The summed E-state index contributed by atoms with van der Waals surface area (Å²) >= 11 is 6.63. The van der Waals surface area contributed by atoms with Crippen LogP contribution >= 0.6 is 11.6 Å². The predicted molar refractivity (Wildman–Crippen MR) is 163 cm³/mol. The van der Waals surface area contributed by atoms with Crippen LogP contribution in [0.5, 0.6) is 0 Å². The molecule has 0 bridgehead atoms. The quantitative estimate of drug-likeness (QED) is 0.134. The van der Waals surface area contributed by atoms with Crippen molar-refractivity contribution >= 4 is 28.4 Å². The summed E-state index contributed by atoms with van der Waals surface area (Å²) in [6.07, 6.45) is 10.9. The van der Waals surface area contributed by atoms with Crippen LogP contribution in [-0.2, 0) is 11.2 Å². The highest BCUT2D eigenvalue weighted by Crippen LogP contribution is 2.39. The number of carbonyl (C=O) groups is 1. The number of carbonyl (C=O) groups excluding carboxylic acids is 1. The van der Waals surface area contributed by atoms with Gasteiger partial charge in [0, 0.05) is 53.0 Å². The first kappa shape index (κ1) is 27.9. The van der Waals surface area contributed by atoms with Gasteiger partial charge in [0.25, 0.3) is 11.5 Å². The van der Waals surface area contributed by atoms with Gasteiger partial charge in [0.05, 0.1) is 11.3 Å². The van der Waals surface area contributed by atoms with Gasteiger partial charge in [-0.2, -0.15) is 0 Å². The first-order valence-corrected chi connectivity index (χ1v) is 14.5. The standard InChI is InChI=1S/C33H36ClN3O3/c1-2-7-23-10-11-24(21-28(23)34)30-27-20-25(12-13-29(27)37-31(30)26-9-6-17-36-33(26)39)32(38)35-16-5-3-4-8-22-14-18-40-19-15-22/h2,6,9-13,17,20-22,37H,1,3-5,7-8,14-16,18-19H2,(H,35,38)(H,36,39). The second kappa shape index (κ2) is 13.2. The molecule has 3 N–H and O–H groups in total. The number of fused-ring (bicyclic) bond motifs is 1. The molecule has 2 aromatic carbocycles. The summed E-state index contributed by atoms with van der Waals surface area (Å²) in [7, 11) is 0. The molecule has 0 aliphatic carbocycles. The van der Waals surface area contributed by atoms with Crippen molar-refractivity contribution in [2.45, 2.75) is 44.9 Å². The van der Waals surface area contributed by atoms with Crippen LogP contribution in [0.15, 0.2) is 72.2 Å². The minimum Gasteiger partial charge on any atom is -0.381 e. The number of H-pyrrole nitrogens is 2. The monoisotopic (exact) mass is 557 g/mol. The zero-order valence-electron chi connectivity index (χ0n) is 22.7. The largest absolute Gasteiger partial charge is 0.381 e. The first-order valence-electron chi connectivity index (χ1n) is 14.1. The lowest BCUT2D eigenvalue weighted by atomic mass is 9.94. The van der Waals surface area contributed by atoms with E-state index in [1.54, 1.807) is 18.3 Å². The van der Waals surface area contributed by atoms with Gasteiger partial charge in [-0.05, 0) is 79.1 Å². The van der Waals surface area contributed by atoms with E-state index in [9.17, 15) is 9.59 Å². The Morgan fingerprint density at radius 3 is 2.73 bits per heavy atom. The molecule has 2 aromatic heterocycles. The van der Waals surface area contributed by atoms with Crippen LogP contribution in [0, 0.1) is 5.92 Å². The van der Waals surface area contributed by atoms with E-state index in [4.69, 9.17) is 16.3 Å². The molecule has 0 saturated carbocycles. The fraction of sp³-hybridized carbons (Fsp3) is 0.333. The van der Waals surface area contributed by atoms with Gasteiger partial charge in [0.2, 0.25) is 0 Å². The number of aromatic nitrogens is 2. The molecular formula is C33H36ClN3O3. The number of pyridine rings is 1. The topological polar surface area (TPSA) is 87.0 Å². The maximum absolute atomic E-state index is 13.1. The summed E-state index contributed by atoms with van der Waals surface area (Å²) in [6.45, 7) is 6.25. The number of aromatic amines is 2. The highest BCUT2D eigenvalue weighted by atomic mass is 35.5. The van der Waals surface area contributed by atoms with Crippen molar-refractivity contribution in [3.63, 3.8) is 0 Å². The molecule has 1 fully saturated rings. The van der Waals surface area contributed by atoms with E-state index >= 15 is 0 Å². The van der Waals surface area contributed by atoms with Crippen LogP contribution < -0.4 is 10.9 Å². The van der Waals surface area contributed by atoms with Crippen molar-refractivity contribution in [2.75, 3.05) is 19.8 Å². The Labute approximate surface area is 239 Å². The average molecular weight is 558 g/mol. The van der Waals surface area contributed by atoms with E-state index < -0.39 is 0 Å². The van der Waals surface area contributed by atoms with Gasteiger partial charge in [-0.3, -0.25) is 9.59 Å². The van der Waals surface area contributed by atoms with Gasteiger partial charge in [-0.1, -0.05) is 49.1 Å². The fourth-order valence-corrected chi connectivity index (χ4v) is 5.81. The first-order chi connectivity index (χ1) is 19.5. The number of benzene rings is 2. The molecule has 40 heavy (non-hydrogen) atoms. The minimum absolute atomic E-state index is 0.100. The second-order valence-electron chi connectivity index (χ2n) is 10.5. The minimum atomic E-state index is -0.195. The Kier molecular flexibility index (Phi) is 9.19. The van der Waals surface area contributed by atoms with Gasteiger partial charge in [0.15, 0.2) is 0 Å². The lowest BCUT2D eigenvalue weighted by Crippen LogP contribution is -2.24. The highest BCUT2D eigenvalue weighted by Gasteiger charge is 2.20. The molecule has 6 nitrogen and oxygen atoms in total. The van der Waals surface area contributed by atoms with Crippen LogP contribution in [-0.4, -0.2) is 35.6 Å². The Balaban J connectivity index is 1.37. The smallest absolute Gasteiger partial charge is 0.257 e. The number of hydrogen-bond acceptors (Lipinski definition) is 3. The maximum Gasteiger partial charge on any atom is 0.257 e. The van der Waals surface area contributed by atoms with Crippen molar-refractivity contribution in [1.82, 2.24) is 15.3 Å². The van der Waals surface area contributed by atoms with Crippen molar-refractivity contribution < 1.29 is 9.53 Å².